The van der Waals surface area contributed by atoms with Crippen LogP contribution < -0.4 is 10.1 Å². The van der Waals surface area contributed by atoms with Crippen molar-refractivity contribution < 1.29 is 24.2 Å². The predicted octanol–water partition coefficient (Wildman–Crippen LogP) is 6.01. The fraction of sp³-hybridized carbons (Fsp3) is 0.533. The minimum atomic E-state index is -0.961. The van der Waals surface area contributed by atoms with Crippen molar-refractivity contribution in [3.8, 4) is 5.75 Å². The summed E-state index contributed by atoms with van der Waals surface area (Å²) in [5.41, 5.74) is 0.875. The minimum absolute atomic E-state index is 0.00203. The monoisotopic (exact) mass is 542 g/mol. The second-order valence-electron chi connectivity index (χ2n) is 9.62. The summed E-state index contributed by atoms with van der Waals surface area (Å²) in [6.45, 7) is 3.75. The Kier molecular flexibility index (Phi) is 13.3. The molecule has 0 saturated heterocycles. The molecule has 0 bridgehead atoms. The molecule has 3 rings (SSSR count). The molecule has 2 aromatic rings. The van der Waals surface area contributed by atoms with Crippen LogP contribution >= 0.6 is 11.8 Å². The number of aliphatic carboxylic acids is 1. The highest BCUT2D eigenvalue weighted by molar-refractivity contribution is 7.99. The molecule has 1 saturated carbocycles. The van der Waals surface area contributed by atoms with Crippen LogP contribution in [0.2, 0.25) is 0 Å². The molecule has 0 radical (unpaired) electrons. The smallest absolute Gasteiger partial charge is 0.333 e. The number of carbonyl (C=O) groups excluding carboxylic acids is 1. The van der Waals surface area contributed by atoms with Gasteiger partial charge >= 0.3 is 12.0 Å². The molecule has 7 nitrogen and oxygen atoms in total. The van der Waals surface area contributed by atoms with E-state index in [0.717, 1.165) is 37.0 Å². The molecule has 0 aromatic heterocycles. The molecular weight excluding hydrogens is 500 g/mol. The number of benzene rings is 2. The fourth-order valence-electron chi connectivity index (χ4n) is 4.57. The quantitative estimate of drug-likeness (QED) is 0.199. The van der Waals surface area contributed by atoms with E-state index in [9.17, 15) is 14.7 Å². The maximum Gasteiger partial charge on any atom is 0.333 e. The highest BCUT2D eigenvalue weighted by atomic mass is 32.2. The van der Waals surface area contributed by atoms with Crippen molar-refractivity contribution in [1.29, 1.82) is 0 Å². The van der Waals surface area contributed by atoms with Crippen LogP contribution in [0.25, 0.3) is 0 Å². The zero-order valence-corrected chi connectivity index (χ0v) is 23.3. The van der Waals surface area contributed by atoms with Crippen LogP contribution in [0.15, 0.2) is 59.5 Å². The number of unbranched alkanes of at least 4 members (excludes halogenated alkanes) is 1. The van der Waals surface area contributed by atoms with Crippen LogP contribution in [-0.4, -0.2) is 66.2 Å². The highest BCUT2D eigenvalue weighted by Gasteiger charge is 2.20. The van der Waals surface area contributed by atoms with Gasteiger partial charge in [-0.05, 0) is 68.2 Å². The van der Waals surface area contributed by atoms with Gasteiger partial charge in [0.1, 0.15) is 12.4 Å². The Labute approximate surface area is 231 Å². The SMILES string of the molecule is CCOC(Cc1ccc(OCCN(CCCCSc2ccccc2)C(=O)NC2CCCCC2)cc1)C(=O)O. The Bertz CT molecular complexity index is 951. The number of nitrogens with one attached hydrogen (secondary N) is 1. The second kappa shape index (κ2) is 17.0. The summed E-state index contributed by atoms with van der Waals surface area (Å²) in [7, 11) is 0. The zero-order chi connectivity index (χ0) is 27.0. The lowest BCUT2D eigenvalue weighted by atomic mass is 9.96. The van der Waals surface area contributed by atoms with Gasteiger partial charge in [-0.3, -0.25) is 0 Å². The van der Waals surface area contributed by atoms with E-state index in [1.165, 1.54) is 24.2 Å². The Balaban J connectivity index is 1.46. The number of carboxylic acid groups (broad SMARTS) is 1. The Hall–Kier alpha value is -2.71. The Morgan fingerprint density at radius 3 is 2.45 bits per heavy atom. The third kappa shape index (κ3) is 11.0. The first kappa shape index (κ1) is 29.8. The maximum atomic E-state index is 13.1. The van der Waals surface area contributed by atoms with Gasteiger partial charge in [-0.25, -0.2) is 9.59 Å². The fourth-order valence-corrected chi connectivity index (χ4v) is 5.50. The lowest BCUT2D eigenvalue weighted by Crippen LogP contribution is -2.47. The van der Waals surface area contributed by atoms with Gasteiger partial charge in [0.2, 0.25) is 0 Å². The van der Waals surface area contributed by atoms with E-state index < -0.39 is 12.1 Å². The zero-order valence-electron chi connectivity index (χ0n) is 22.5. The van der Waals surface area contributed by atoms with Crippen molar-refractivity contribution in [2.45, 2.75) is 75.3 Å². The predicted molar refractivity (Wildman–Crippen MR) is 152 cm³/mol. The summed E-state index contributed by atoms with van der Waals surface area (Å²) >= 11 is 1.85. The number of nitrogens with zero attached hydrogens (tertiary/aromatic N) is 1. The largest absolute Gasteiger partial charge is 0.492 e. The molecule has 2 amide bonds. The number of thioether (sulfide) groups is 1. The molecule has 1 aliphatic rings. The van der Waals surface area contributed by atoms with E-state index in [1.54, 1.807) is 6.92 Å². The molecule has 38 heavy (non-hydrogen) atoms. The van der Waals surface area contributed by atoms with E-state index in [-0.39, 0.29) is 12.1 Å². The molecule has 208 valence electrons. The molecule has 1 aliphatic carbocycles. The van der Waals surface area contributed by atoms with Gasteiger partial charge in [-0.2, -0.15) is 0 Å². The molecular formula is C30H42N2O5S. The van der Waals surface area contributed by atoms with E-state index in [2.05, 4.69) is 29.6 Å². The minimum Gasteiger partial charge on any atom is -0.492 e. The number of hydrogen-bond acceptors (Lipinski definition) is 5. The highest BCUT2D eigenvalue weighted by Crippen LogP contribution is 2.20. The topological polar surface area (TPSA) is 88.1 Å². The lowest BCUT2D eigenvalue weighted by molar-refractivity contribution is -0.149. The number of urea groups is 1. The van der Waals surface area contributed by atoms with Gasteiger partial charge < -0.3 is 24.8 Å². The summed E-state index contributed by atoms with van der Waals surface area (Å²) in [5, 5.41) is 12.5. The molecule has 1 atom stereocenters. The van der Waals surface area contributed by atoms with Crippen LogP contribution in [0.5, 0.6) is 5.75 Å². The van der Waals surface area contributed by atoms with E-state index in [1.807, 2.05) is 47.0 Å². The van der Waals surface area contributed by atoms with Crippen LogP contribution in [-0.2, 0) is 16.0 Å². The van der Waals surface area contributed by atoms with Crippen molar-refractivity contribution in [2.75, 3.05) is 32.1 Å². The van der Waals surface area contributed by atoms with E-state index >= 15 is 0 Å². The first-order valence-electron chi connectivity index (χ1n) is 13.8. The molecule has 0 aliphatic heterocycles. The first-order chi connectivity index (χ1) is 18.5. The molecule has 8 heteroatoms. The summed E-state index contributed by atoms with van der Waals surface area (Å²) in [5.74, 6) is 0.762. The van der Waals surface area contributed by atoms with Gasteiger partial charge in [-0.15, -0.1) is 11.8 Å². The van der Waals surface area contributed by atoms with E-state index in [4.69, 9.17) is 9.47 Å². The average Bonchev–Trinajstić information content (AvgIpc) is 2.93. The van der Waals surface area contributed by atoms with Crippen molar-refractivity contribution in [2.24, 2.45) is 0 Å². The first-order valence-corrected chi connectivity index (χ1v) is 14.8. The van der Waals surface area contributed by atoms with Gasteiger partial charge in [-0.1, -0.05) is 49.6 Å². The maximum absolute atomic E-state index is 13.1. The molecule has 1 fully saturated rings. The Morgan fingerprint density at radius 2 is 1.76 bits per heavy atom. The average molecular weight is 543 g/mol. The lowest BCUT2D eigenvalue weighted by Gasteiger charge is -2.28. The van der Waals surface area contributed by atoms with Crippen LogP contribution in [0.1, 0.15) is 57.4 Å². The van der Waals surface area contributed by atoms with Gasteiger partial charge in [0.05, 0.1) is 6.54 Å². The number of carbonyl (C=O) groups is 2. The number of ether oxygens (including phenoxy) is 2. The van der Waals surface area contributed by atoms with E-state index in [0.29, 0.717) is 38.5 Å². The van der Waals surface area contributed by atoms with Crippen LogP contribution in [0.3, 0.4) is 0 Å². The molecule has 1 unspecified atom stereocenters. The third-order valence-electron chi connectivity index (χ3n) is 6.67. The number of hydrogen-bond donors (Lipinski definition) is 2. The normalized spacial score (nSPS) is 14.6. The van der Waals surface area contributed by atoms with Crippen molar-refractivity contribution in [3.63, 3.8) is 0 Å². The number of carboxylic acids is 1. The summed E-state index contributed by atoms with van der Waals surface area (Å²) in [6, 6.07) is 18.1. The molecule has 2 N–H and O–H groups in total. The van der Waals surface area contributed by atoms with Crippen molar-refractivity contribution in [3.05, 3.63) is 60.2 Å². The van der Waals surface area contributed by atoms with Gasteiger partial charge in [0.25, 0.3) is 0 Å². The van der Waals surface area contributed by atoms with Crippen molar-refractivity contribution in [1.82, 2.24) is 10.2 Å². The molecule has 2 aromatic carbocycles. The van der Waals surface area contributed by atoms with Gasteiger partial charge in [0, 0.05) is 30.5 Å². The molecule has 0 heterocycles. The van der Waals surface area contributed by atoms with Crippen LogP contribution in [0, 0.1) is 0 Å². The summed E-state index contributed by atoms with van der Waals surface area (Å²) in [6.07, 6.45) is 7.16. The number of amides is 2. The summed E-state index contributed by atoms with van der Waals surface area (Å²) < 4.78 is 11.2. The third-order valence-corrected chi connectivity index (χ3v) is 7.77. The van der Waals surface area contributed by atoms with Crippen LogP contribution in [0.4, 0.5) is 4.79 Å². The summed E-state index contributed by atoms with van der Waals surface area (Å²) in [4.78, 5) is 27.6. The second-order valence-corrected chi connectivity index (χ2v) is 10.8. The van der Waals surface area contributed by atoms with Gasteiger partial charge in [0.15, 0.2) is 6.10 Å². The Morgan fingerprint density at radius 1 is 1.03 bits per heavy atom. The standard InChI is InChI=1S/C30H42N2O5S/c1-2-36-28(29(33)34)23-24-15-17-26(18-16-24)37-21-20-32(30(35)31-25-11-5-3-6-12-25)19-9-10-22-38-27-13-7-4-8-14-27/h4,7-8,13-18,25,28H,2-3,5-6,9-12,19-23H2,1H3,(H,31,35)(H,33,34). The van der Waals surface area contributed by atoms with Crippen molar-refractivity contribution >= 4 is 23.8 Å². The number of rotatable bonds is 16. The molecule has 0 spiro atoms.